The molecule has 0 amide bonds. The van der Waals surface area contributed by atoms with E-state index in [9.17, 15) is 9.50 Å². The van der Waals surface area contributed by atoms with Gasteiger partial charge in [-0.05, 0) is 36.8 Å². The summed E-state index contributed by atoms with van der Waals surface area (Å²) in [6.45, 7) is 0. The van der Waals surface area contributed by atoms with Crippen LogP contribution < -0.4 is 0 Å². The van der Waals surface area contributed by atoms with Gasteiger partial charge < -0.3 is 5.11 Å². The molecule has 1 heterocycles. The summed E-state index contributed by atoms with van der Waals surface area (Å²) in [6.07, 6.45) is 2.61. The van der Waals surface area contributed by atoms with Crippen molar-refractivity contribution in [1.82, 2.24) is 0 Å². The Hall–Kier alpha value is -0.0600. The van der Waals surface area contributed by atoms with Gasteiger partial charge in [0, 0.05) is 15.3 Å². The molecule has 1 N–H and O–H groups in total. The van der Waals surface area contributed by atoms with Crippen LogP contribution in [0.2, 0.25) is 0 Å². The monoisotopic (exact) mass is 304 g/mol. The van der Waals surface area contributed by atoms with E-state index in [2.05, 4.69) is 15.9 Å². The Balaban J connectivity index is 2.18. The molecule has 1 fully saturated rings. The SMILES string of the molecule is OC(c1cc(Br)ccc1F)C1CCCCS1. The van der Waals surface area contributed by atoms with Crippen LogP contribution in [0.25, 0.3) is 0 Å². The summed E-state index contributed by atoms with van der Waals surface area (Å²) in [5.74, 6) is 0.749. The lowest BCUT2D eigenvalue weighted by atomic mass is 10.0. The molecule has 1 aromatic rings. The summed E-state index contributed by atoms with van der Waals surface area (Å²) in [5.41, 5.74) is 0.411. The van der Waals surface area contributed by atoms with E-state index in [1.54, 1.807) is 23.9 Å². The lowest BCUT2D eigenvalue weighted by molar-refractivity contribution is 0.164. The predicted molar refractivity (Wildman–Crippen MR) is 69.2 cm³/mol. The maximum absolute atomic E-state index is 13.6. The summed E-state index contributed by atoms with van der Waals surface area (Å²) in [5, 5.41) is 10.3. The lowest BCUT2D eigenvalue weighted by Gasteiger charge is -2.26. The molecule has 4 heteroatoms. The average Bonchev–Trinajstić information content (AvgIpc) is 2.32. The minimum absolute atomic E-state index is 0.137. The van der Waals surface area contributed by atoms with Gasteiger partial charge in [0.05, 0.1) is 6.10 Å². The van der Waals surface area contributed by atoms with Gasteiger partial charge in [0.25, 0.3) is 0 Å². The molecule has 2 unspecified atom stereocenters. The van der Waals surface area contributed by atoms with Crippen molar-refractivity contribution in [3.05, 3.63) is 34.1 Å². The molecule has 0 aromatic heterocycles. The Morgan fingerprint density at radius 3 is 2.94 bits per heavy atom. The Bertz CT molecular complexity index is 366. The molecule has 0 aliphatic carbocycles. The number of rotatable bonds is 2. The fourth-order valence-electron chi connectivity index (χ4n) is 1.96. The second kappa shape index (κ2) is 5.52. The molecule has 1 aliphatic rings. The van der Waals surface area contributed by atoms with E-state index in [1.807, 2.05) is 0 Å². The Morgan fingerprint density at radius 1 is 1.44 bits per heavy atom. The molecule has 0 radical (unpaired) electrons. The molecule has 16 heavy (non-hydrogen) atoms. The highest BCUT2D eigenvalue weighted by molar-refractivity contribution is 9.10. The van der Waals surface area contributed by atoms with Gasteiger partial charge in [-0.2, -0.15) is 11.8 Å². The summed E-state index contributed by atoms with van der Waals surface area (Å²) >= 11 is 5.05. The average molecular weight is 305 g/mol. The van der Waals surface area contributed by atoms with Gasteiger partial charge in [-0.25, -0.2) is 4.39 Å². The summed E-state index contributed by atoms with van der Waals surface area (Å²) in [4.78, 5) is 0. The Labute approximate surface area is 108 Å². The van der Waals surface area contributed by atoms with E-state index in [0.717, 1.165) is 23.1 Å². The zero-order valence-electron chi connectivity index (χ0n) is 8.83. The van der Waals surface area contributed by atoms with E-state index in [4.69, 9.17) is 0 Å². The Kier molecular flexibility index (Phi) is 4.27. The van der Waals surface area contributed by atoms with Crippen molar-refractivity contribution in [3.63, 3.8) is 0 Å². The maximum atomic E-state index is 13.6. The summed E-state index contributed by atoms with van der Waals surface area (Å²) < 4.78 is 14.4. The van der Waals surface area contributed by atoms with Crippen molar-refractivity contribution in [3.8, 4) is 0 Å². The zero-order valence-corrected chi connectivity index (χ0v) is 11.2. The third kappa shape index (κ3) is 2.79. The van der Waals surface area contributed by atoms with E-state index in [0.29, 0.717) is 5.56 Å². The third-order valence-electron chi connectivity index (χ3n) is 2.84. The third-order valence-corrected chi connectivity index (χ3v) is 4.78. The highest BCUT2D eigenvalue weighted by atomic mass is 79.9. The fourth-order valence-corrected chi connectivity index (χ4v) is 3.67. The first-order chi connectivity index (χ1) is 7.68. The van der Waals surface area contributed by atoms with Crippen LogP contribution in [0.1, 0.15) is 30.9 Å². The van der Waals surface area contributed by atoms with Gasteiger partial charge in [-0.15, -0.1) is 0 Å². The van der Waals surface area contributed by atoms with Crippen molar-refractivity contribution in [2.45, 2.75) is 30.6 Å². The molecule has 0 bridgehead atoms. The highest BCUT2D eigenvalue weighted by Gasteiger charge is 2.25. The van der Waals surface area contributed by atoms with Crippen LogP contribution in [-0.2, 0) is 0 Å². The van der Waals surface area contributed by atoms with Gasteiger partial charge in [-0.1, -0.05) is 22.4 Å². The number of aliphatic hydroxyl groups excluding tert-OH is 1. The first-order valence-electron chi connectivity index (χ1n) is 5.43. The number of hydrogen-bond acceptors (Lipinski definition) is 2. The molecular formula is C12H14BrFOS. The van der Waals surface area contributed by atoms with Crippen LogP contribution in [0.3, 0.4) is 0 Å². The molecule has 2 rings (SSSR count). The van der Waals surface area contributed by atoms with Gasteiger partial charge in [0.1, 0.15) is 5.82 Å². The molecule has 2 atom stereocenters. The number of halogens is 2. The topological polar surface area (TPSA) is 20.2 Å². The van der Waals surface area contributed by atoms with E-state index >= 15 is 0 Å². The largest absolute Gasteiger partial charge is 0.387 e. The van der Waals surface area contributed by atoms with Gasteiger partial charge >= 0.3 is 0 Å². The molecule has 1 saturated heterocycles. The molecule has 0 spiro atoms. The molecule has 0 saturated carbocycles. The standard InChI is InChI=1S/C12H14BrFOS/c13-8-4-5-10(14)9(7-8)12(15)11-3-1-2-6-16-11/h4-5,7,11-12,15H,1-3,6H2. The molecule has 1 aromatic carbocycles. The molecular weight excluding hydrogens is 291 g/mol. The van der Waals surface area contributed by atoms with Crippen LogP contribution in [-0.4, -0.2) is 16.1 Å². The number of benzene rings is 1. The van der Waals surface area contributed by atoms with Gasteiger partial charge in [0.15, 0.2) is 0 Å². The quantitative estimate of drug-likeness (QED) is 0.894. The summed E-state index contributed by atoms with van der Waals surface area (Å²) in [7, 11) is 0. The number of aliphatic hydroxyl groups is 1. The maximum Gasteiger partial charge on any atom is 0.129 e. The molecule has 1 nitrogen and oxygen atoms in total. The van der Waals surface area contributed by atoms with Crippen LogP contribution in [0.15, 0.2) is 22.7 Å². The van der Waals surface area contributed by atoms with Crippen molar-refractivity contribution in [1.29, 1.82) is 0 Å². The van der Waals surface area contributed by atoms with Crippen molar-refractivity contribution in [2.24, 2.45) is 0 Å². The van der Waals surface area contributed by atoms with Crippen molar-refractivity contribution >= 4 is 27.7 Å². The zero-order chi connectivity index (χ0) is 11.5. The minimum Gasteiger partial charge on any atom is -0.387 e. The van der Waals surface area contributed by atoms with Crippen LogP contribution in [0, 0.1) is 5.82 Å². The summed E-state index contributed by atoms with van der Waals surface area (Å²) in [6, 6.07) is 4.73. The molecule has 88 valence electrons. The van der Waals surface area contributed by atoms with Crippen molar-refractivity contribution < 1.29 is 9.50 Å². The highest BCUT2D eigenvalue weighted by Crippen LogP contribution is 2.36. The van der Waals surface area contributed by atoms with Gasteiger partial charge in [0.2, 0.25) is 0 Å². The van der Waals surface area contributed by atoms with E-state index in [-0.39, 0.29) is 11.1 Å². The Morgan fingerprint density at radius 2 is 2.25 bits per heavy atom. The first-order valence-corrected chi connectivity index (χ1v) is 7.27. The van der Waals surface area contributed by atoms with Crippen LogP contribution in [0.4, 0.5) is 4.39 Å². The van der Waals surface area contributed by atoms with E-state index in [1.165, 1.54) is 12.5 Å². The fraction of sp³-hybridized carbons (Fsp3) is 0.500. The van der Waals surface area contributed by atoms with Crippen LogP contribution >= 0.6 is 27.7 Å². The first kappa shape index (κ1) is 12.4. The predicted octanol–water partition coefficient (Wildman–Crippen LogP) is 3.91. The lowest BCUT2D eigenvalue weighted by Crippen LogP contribution is -2.19. The van der Waals surface area contributed by atoms with Gasteiger partial charge in [-0.3, -0.25) is 0 Å². The smallest absolute Gasteiger partial charge is 0.129 e. The van der Waals surface area contributed by atoms with Crippen molar-refractivity contribution in [2.75, 3.05) is 5.75 Å². The van der Waals surface area contributed by atoms with Crippen LogP contribution in [0.5, 0.6) is 0 Å². The second-order valence-corrected chi connectivity index (χ2v) is 6.28. The second-order valence-electron chi connectivity index (χ2n) is 4.02. The minimum atomic E-state index is -0.692. The van der Waals surface area contributed by atoms with E-state index < -0.39 is 6.10 Å². The number of hydrogen-bond donors (Lipinski definition) is 1. The number of thioether (sulfide) groups is 1. The molecule has 1 aliphatic heterocycles. The normalized spacial score (nSPS) is 23.1.